The number of nitro groups is 1. The number of carbonyl (C=O) groups is 1. The van der Waals surface area contributed by atoms with Gasteiger partial charge in [-0.1, -0.05) is 62.4 Å². The summed E-state index contributed by atoms with van der Waals surface area (Å²) in [6, 6.07) is 28.3. The summed E-state index contributed by atoms with van der Waals surface area (Å²) in [5.41, 5.74) is 3.21. The molecule has 1 amide bonds. The van der Waals surface area contributed by atoms with Crippen molar-refractivity contribution in [2.24, 2.45) is 5.92 Å². The second-order valence-corrected chi connectivity index (χ2v) is 16.0. The summed E-state index contributed by atoms with van der Waals surface area (Å²) in [4.78, 5) is 23.4. The number of nitro benzene ring substituents is 1. The molecule has 0 aliphatic carbocycles. The molecule has 57 heavy (non-hydrogen) atoms. The molecule has 0 aliphatic heterocycles. The lowest BCUT2D eigenvalue weighted by Crippen LogP contribution is -2.42. The Morgan fingerprint density at radius 2 is 1.51 bits per heavy atom. The maximum atomic E-state index is 13.6. The number of amides is 1. The molecule has 1 atom stereocenters. The number of nitrogens with zero attached hydrogens (tertiary/aromatic N) is 2. The predicted octanol–water partition coefficient (Wildman–Crippen LogP) is 7.22. The molecule has 4 rings (SSSR count). The molecule has 0 saturated heterocycles. The van der Waals surface area contributed by atoms with Crippen LogP contribution in [-0.4, -0.2) is 83.4 Å². The van der Waals surface area contributed by atoms with Crippen LogP contribution in [0.25, 0.3) is 0 Å². The Morgan fingerprint density at radius 1 is 0.807 bits per heavy atom. The lowest BCUT2D eigenvalue weighted by atomic mass is 10.0. The van der Waals surface area contributed by atoms with Gasteiger partial charge >= 0.3 is 6.09 Å². The van der Waals surface area contributed by atoms with Crippen LogP contribution in [0.2, 0.25) is 0 Å². The van der Waals surface area contributed by atoms with Crippen molar-refractivity contribution in [3.63, 3.8) is 0 Å². The number of carbonyl (C=O) groups excluding carboxylic acids is 1. The van der Waals surface area contributed by atoms with E-state index in [4.69, 9.17) is 18.9 Å². The smallest absolute Gasteiger partial charge is 0.407 e. The maximum Gasteiger partial charge on any atom is 0.407 e. The van der Waals surface area contributed by atoms with E-state index >= 15 is 0 Å². The van der Waals surface area contributed by atoms with Crippen molar-refractivity contribution in [1.29, 1.82) is 0 Å². The molecule has 14 heteroatoms. The molecule has 0 aliphatic rings. The van der Waals surface area contributed by atoms with Crippen LogP contribution in [0.1, 0.15) is 49.8 Å². The zero-order valence-electron chi connectivity index (χ0n) is 33.4. The number of sulfonamides is 1. The highest BCUT2D eigenvalue weighted by Crippen LogP contribution is 2.28. The minimum atomic E-state index is -3.95. The van der Waals surface area contributed by atoms with Crippen LogP contribution in [0.5, 0.6) is 17.2 Å². The second-order valence-electron chi connectivity index (χ2n) is 14.1. The summed E-state index contributed by atoms with van der Waals surface area (Å²) in [7, 11) is -0.677. The largest absolute Gasteiger partial charge is 0.493 e. The van der Waals surface area contributed by atoms with Crippen LogP contribution < -0.4 is 24.8 Å². The fraction of sp³-hybridized carbons (Fsp3) is 0.419. The van der Waals surface area contributed by atoms with Gasteiger partial charge in [-0.25, -0.2) is 13.2 Å². The standard InChI is InChI=1S/C43H56N4O9S/c1-33(2)32-46(57(51,52)40-20-18-38(19-21-40)47(49)50)26-23-37(29-34-11-6-5-7-12-34)45-43(48)56-27-10-24-44-25-28-55-39-16-9-15-35(30-39)13-8-14-36-17-22-41(53-3)42(31-36)54-4/h5-7,9,11-12,15-22,30-31,33,37,44H,8,10,13-14,23-29,32H2,1-4H3,(H,45,48)/t37-/m1/s1. The third kappa shape index (κ3) is 15.0. The number of alkyl carbamates (subject to hydrolysis) is 1. The van der Waals surface area contributed by atoms with Crippen LogP contribution in [0.4, 0.5) is 10.5 Å². The second kappa shape index (κ2) is 23.1. The van der Waals surface area contributed by atoms with Gasteiger partial charge in [0.2, 0.25) is 10.0 Å². The first-order chi connectivity index (χ1) is 27.5. The molecule has 308 valence electrons. The van der Waals surface area contributed by atoms with Crippen molar-refractivity contribution >= 4 is 21.8 Å². The highest BCUT2D eigenvalue weighted by molar-refractivity contribution is 7.89. The summed E-state index contributed by atoms with van der Waals surface area (Å²) < 4.78 is 50.9. The number of ether oxygens (including phenoxy) is 4. The topological polar surface area (TPSA) is 159 Å². The van der Waals surface area contributed by atoms with E-state index in [2.05, 4.69) is 28.8 Å². The summed E-state index contributed by atoms with van der Waals surface area (Å²) in [6.45, 7) is 6.17. The van der Waals surface area contributed by atoms with Crippen LogP contribution in [0.15, 0.2) is 102 Å². The van der Waals surface area contributed by atoms with Crippen molar-refractivity contribution in [2.75, 3.05) is 53.6 Å². The van der Waals surface area contributed by atoms with Gasteiger partial charge in [0.15, 0.2) is 11.5 Å². The fourth-order valence-corrected chi connectivity index (χ4v) is 7.91. The number of non-ortho nitro benzene ring substituents is 1. The third-order valence-electron chi connectivity index (χ3n) is 9.18. The Hall–Kier alpha value is -5.18. The molecule has 0 saturated carbocycles. The normalized spacial score (nSPS) is 12.0. The Labute approximate surface area is 336 Å². The van der Waals surface area contributed by atoms with E-state index in [1.54, 1.807) is 14.2 Å². The summed E-state index contributed by atoms with van der Waals surface area (Å²) in [5.74, 6) is 2.30. The van der Waals surface area contributed by atoms with E-state index in [-0.39, 0.29) is 36.2 Å². The average molecular weight is 805 g/mol. The monoisotopic (exact) mass is 804 g/mol. The third-order valence-corrected chi connectivity index (χ3v) is 11.1. The van der Waals surface area contributed by atoms with Crippen molar-refractivity contribution in [3.05, 3.63) is 124 Å². The first kappa shape index (κ1) is 44.5. The molecule has 4 aromatic rings. The van der Waals surface area contributed by atoms with Gasteiger partial charge in [0, 0.05) is 37.8 Å². The Bertz CT molecular complexity index is 1940. The predicted molar refractivity (Wildman–Crippen MR) is 221 cm³/mol. The average Bonchev–Trinajstić information content (AvgIpc) is 3.20. The van der Waals surface area contributed by atoms with E-state index < -0.39 is 27.1 Å². The molecule has 0 spiro atoms. The number of hydrogen-bond donors (Lipinski definition) is 2. The molecule has 0 bridgehead atoms. The first-order valence-corrected chi connectivity index (χ1v) is 20.8. The molecular formula is C43H56N4O9S. The van der Waals surface area contributed by atoms with E-state index in [1.165, 1.54) is 39.7 Å². The zero-order chi connectivity index (χ0) is 41.0. The minimum absolute atomic E-state index is 0.0209. The number of nitrogens with one attached hydrogen (secondary N) is 2. The van der Waals surface area contributed by atoms with E-state index in [1.807, 2.05) is 68.4 Å². The zero-order valence-corrected chi connectivity index (χ0v) is 34.2. The van der Waals surface area contributed by atoms with Gasteiger partial charge in [-0.3, -0.25) is 10.1 Å². The van der Waals surface area contributed by atoms with Crippen molar-refractivity contribution in [3.8, 4) is 17.2 Å². The van der Waals surface area contributed by atoms with Crippen molar-refractivity contribution in [2.45, 2.75) is 63.3 Å². The molecule has 2 N–H and O–H groups in total. The lowest BCUT2D eigenvalue weighted by Gasteiger charge is -2.27. The van der Waals surface area contributed by atoms with E-state index in [9.17, 15) is 23.3 Å². The molecule has 4 aromatic carbocycles. The number of methoxy groups -OCH3 is 2. The minimum Gasteiger partial charge on any atom is -0.493 e. The number of rotatable bonds is 25. The first-order valence-electron chi connectivity index (χ1n) is 19.3. The van der Waals surface area contributed by atoms with E-state index in [0.717, 1.165) is 42.1 Å². The molecule has 0 aromatic heterocycles. The Kier molecular flexibility index (Phi) is 18.1. The van der Waals surface area contributed by atoms with Crippen molar-refractivity contribution in [1.82, 2.24) is 14.9 Å². The summed E-state index contributed by atoms with van der Waals surface area (Å²) in [5, 5.41) is 17.4. The highest BCUT2D eigenvalue weighted by atomic mass is 32.2. The molecule has 0 unspecified atom stereocenters. The van der Waals surface area contributed by atoms with Crippen LogP contribution in [-0.2, 0) is 34.0 Å². The van der Waals surface area contributed by atoms with Gasteiger partial charge in [0.1, 0.15) is 12.4 Å². The van der Waals surface area contributed by atoms with Gasteiger partial charge in [-0.2, -0.15) is 4.31 Å². The fourth-order valence-electron chi connectivity index (χ4n) is 6.29. The van der Waals surface area contributed by atoms with Crippen LogP contribution in [0.3, 0.4) is 0 Å². The highest BCUT2D eigenvalue weighted by Gasteiger charge is 2.27. The Morgan fingerprint density at radius 3 is 2.19 bits per heavy atom. The summed E-state index contributed by atoms with van der Waals surface area (Å²) in [6.07, 6.45) is 3.67. The van der Waals surface area contributed by atoms with Gasteiger partial charge in [-0.05, 0) is 104 Å². The maximum absolute atomic E-state index is 13.6. The molecule has 0 heterocycles. The van der Waals surface area contributed by atoms with Crippen LogP contribution in [0, 0.1) is 16.0 Å². The van der Waals surface area contributed by atoms with Gasteiger partial charge in [0.25, 0.3) is 5.69 Å². The quantitative estimate of drug-likeness (QED) is 0.0398. The van der Waals surface area contributed by atoms with Gasteiger partial charge < -0.3 is 29.6 Å². The number of hydrogen-bond acceptors (Lipinski definition) is 10. The van der Waals surface area contributed by atoms with Gasteiger partial charge in [-0.15, -0.1) is 0 Å². The van der Waals surface area contributed by atoms with Gasteiger partial charge in [0.05, 0.1) is 30.6 Å². The molecule has 0 radical (unpaired) electrons. The number of aryl methyl sites for hydroxylation is 2. The molecular weight excluding hydrogens is 749 g/mol. The molecule has 13 nitrogen and oxygen atoms in total. The van der Waals surface area contributed by atoms with Crippen LogP contribution >= 0.6 is 0 Å². The lowest BCUT2D eigenvalue weighted by molar-refractivity contribution is -0.384. The molecule has 0 fully saturated rings. The SMILES string of the molecule is COc1ccc(CCCc2cccc(OCCNCCCOC(=O)N[C@H](CCN(CC(C)C)S(=O)(=O)c3ccc([N+](=O)[O-])cc3)Cc3ccccc3)c2)cc1OC. The number of benzene rings is 4. The Balaban J connectivity index is 1.18. The van der Waals surface area contributed by atoms with Crippen molar-refractivity contribution < 1.29 is 37.1 Å². The van der Waals surface area contributed by atoms with E-state index in [0.29, 0.717) is 39.0 Å². The summed E-state index contributed by atoms with van der Waals surface area (Å²) >= 11 is 0.